The molecule has 0 saturated carbocycles. The SMILES string of the molecule is CC(NC(=O)CCc1cccc(N)c1)c1ccccc1Br. The molecule has 1 unspecified atom stereocenters. The first-order valence-corrected chi connectivity index (χ1v) is 7.74. The van der Waals surface area contributed by atoms with Gasteiger partial charge in [-0.15, -0.1) is 0 Å². The van der Waals surface area contributed by atoms with Gasteiger partial charge >= 0.3 is 0 Å². The van der Waals surface area contributed by atoms with Gasteiger partial charge in [-0.3, -0.25) is 4.79 Å². The van der Waals surface area contributed by atoms with Gasteiger partial charge in [0.1, 0.15) is 0 Å². The number of halogens is 1. The smallest absolute Gasteiger partial charge is 0.220 e. The predicted molar refractivity (Wildman–Crippen MR) is 89.9 cm³/mol. The van der Waals surface area contributed by atoms with E-state index >= 15 is 0 Å². The molecule has 1 amide bonds. The Morgan fingerprint density at radius 1 is 1.24 bits per heavy atom. The molecule has 4 heteroatoms. The maximum absolute atomic E-state index is 12.0. The number of carbonyl (C=O) groups excluding carboxylic acids is 1. The third kappa shape index (κ3) is 4.60. The van der Waals surface area contributed by atoms with Crippen LogP contribution in [0.2, 0.25) is 0 Å². The van der Waals surface area contributed by atoms with Gasteiger partial charge in [-0.1, -0.05) is 46.3 Å². The van der Waals surface area contributed by atoms with Gasteiger partial charge in [-0.2, -0.15) is 0 Å². The van der Waals surface area contributed by atoms with Crippen LogP contribution in [-0.4, -0.2) is 5.91 Å². The first kappa shape index (κ1) is 15.6. The van der Waals surface area contributed by atoms with Crippen LogP contribution in [0.3, 0.4) is 0 Å². The van der Waals surface area contributed by atoms with E-state index in [1.807, 2.05) is 55.5 Å². The minimum absolute atomic E-state index is 0.0195. The molecule has 0 heterocycles. The van der Waals surface area contributed by atoms with E-state index in [2.05, 4.69) is 21.2 Å². The van der Waals surface area contributed by atoms with Gasteiger partial charge in [0.05, 0.1) is 6.04 Å². The molecular formula is C17H19BrN2O. The molecule has 0 aliphatic heterocycles. The Kier molecular flexibility index (Phi) is 5.39. The number of hydrogen-bond acceptors (Lipinski definition) is 2. The second-order valence-electron chi connectivity index (χ2n) is 5.06. The number of aryl methyl sites for hydroxylation is 1. The number of anilines is 1. The van der Waals surface area contributed by atoms with E-state index in [9.17, 15) is 4.79 Å². The van der Waals surface area contributed by atoms with E-state index < -0.39 is 0 Å². The van der Waals surface area contributed by atoms with Crippen LogP contribution in [0.15, 0.2) is 53.0 Å². The van der Waals surface area contributed by atoms with Crippen molar-refractivity contribution in [2.24, 2.45) is 0 Å². The number of benzene rings is 2. The second-order valence-corrected chi connectivity index (χ2v) is 5.91. The molecule has 2 rings (SSSR count). The quantitative estimate of drug-likeness (QED) is 0.808. The highest BCUT2D eigenvalue weighted by atomic mass is 79.9. The number of hydrogen-bond donors (Lipinski definition) is 2. The van der Waals surface area contributed by atoms with Crippen molar-refractivity contribution in [1.29, 1.82) is 0 Å². The zero-order valence-electron chi connectivity index (χ0n) is 12.0. The highest BCUT2D eigenvalue weighted by Gasteiger charge is 2.11. The van der Waals surface area contributed by atoms with E-state index in [0.29, 0.717) is 12.8 Å². The van der Waals surface area contributed by atoms with Crippen LogP contribution in [-0.2, 0) is 11.2 Å². The summed E-state index contributed by atoms with van der Waals surface area (Å²) >= 11 is 3.51. The summed E-state index contributed by atoms with van der Waals surface area (Å²) in [5.41, 5.74) is 8.62. The predicted octanol–water partition coefficient (Wildman–Crippen LogP) is 3.84. The molecule has 3 N–H and O–H groups in total. The van der Waals surface area contributed by atoms with Crippen LogP contribution in [0.5, 0.6) is 0 Å². The normalized spacial score (nSPS) is 11.9. The monoisotopic (exact) mass is 346 g/mol. The maximum atomic E-state index is 12.0. The lowest BCUT2D eigenvalue weighted by molar-refractivity contribution is -0.121. The van der Waals surface area contributed by atoms with Crippen molar-refractivity contribution >= 4 is 27.5 Å². The Balaban J connectivity index is 1.89. The van der Waals surface area contributed by atoms with Crippen molar-refractivity contribution in [3.8, 4) is 0 Å². The number of nitrogens with two attached hydrogens (primary N) is 1. The van der Waals surface area contributed by atoms with Crippen LogP contribution in [0.1, 0.15) is 30.5 Å². The lowest BCUT2D eigenvalue weighted by Gasteiger charge is -2.16. The lowest BCUT2D eigenvalue weighted by Crippen LogP contribution is -2.27. The van der Waals surface area contributed by atoms with E-state index in [-0.39, 0.29) is 11.9 Å². The van der Waals surface area contributed by atoms with Crippen molar-refractivity contribution in [2.75, 3.05) is 5.73 Å². The molecular weight excluding hydrogens is 328 g/mol. The zero-order chi connectivity index (χ0) is 15.2. The van der Waals surface area contributed by atoms with Crippen LogP contribution in [0.4, 0.5) is 5.69 Å². The Labute approximate surface area is 133 Å². The molecule has 0 spiro atoms. The summed E-state index contributed by atoms with van der Waals surface area (Å²) in [6, 6.07) is 15.5. The second kappa shape index (κ2) is 7.27. The molecule has 2 aromatic carbocycles. The summed E-state index contributed by atoms with van der Waals surface area (Å²) in [5, 5.41) is 3.02. The molecule has 0 aromatic heterocycles. The standard InChI is InChI=1S/C17H19BrN2O/c1-12(15-7-2-3-8-16(15)18)20-17(21)10-9-13-5-4-6-14(19)11-13/h2-8,11-12H,9-10,19H2,1H3,(H,20,21). The molecule has 2 aromatic rings. The number of carbonyl (C=O) groups is 1. The third-order valence-corrected chi connectivity index (χ3v) is 4.06. The van der Waals surface area contributed by atoms with Crippen molar-refractivity contribution in [3.63, 3.8) is 0 Å². The third-order valence-electron chi connectivity index (χ3n) is 3.34. The van der Waals surface area contributed by atoms with E-state index in [4.69, 9.17) is 5.73 Å². The molecule has 0 saturated heterocycles. The lowest BCUT2D eigenvalue weighted by atomic mass is 10.1. The van der Waals surface area contributed by atoms with E-state index in [1.165, 1.54) is 0 Å². The number of nitrogens with one attached hydrogen (secondary N) is 1. The van der Waals surface area contributed by atoms with Crippen LogP contribution in [0, 0.1) is 0 Å². The minimum atomic E-state index is -0.0195. The number of amides is 1. The minimum Gasteiger partial charge on any atom is -0.399 e. The van der Waals surface area contributed by atoms with Gasteiger partial charge < -0.3 is 11.1 Å². The Morgan fingerprint density at radius 3 is 2.71 bits per heavy atom. The van der Waals surface area contributed by atoms with Crippen molar-refractivity contribution in [2.45, 2.75) is 25.8 Å². The summed E-state index contributed by atoms with van der Waals surface area (Å²) in [6.07, 6.45) is 1.15. The first-order valence-electron chi connectivity index (χ1n) is 6.94. The Bertz CT molecular complexity index is 628. The molecule has 1 atom stereocenters. The molecule has 3 nitrogen and oxygen atoms in total. The number of nitrogen functional groups attached to an aromatic ring is 1. The van der Waals surface area contributed by atoms with Crippen molar-refractivity contribution in [1.82, 2.24) is 5.32 Å². The molecule has 0 fully saturated rings. The molecule has 110 valence electrons. The Morgan fingerprint density at radius 2 is 2.00 bits per heavy atom. The summed E-state index contributed by atoms with van der Waals surface area (Å²) in [6.45, 7) is 1.98. The Hall–Kier alpha value is -1.81. The van der Waals surface area contributed by atoms with Crippen LogP contribution in [0.25, 0.3) is 0 Å². The maximum Gasteiger partial charge on any atom is 0.220 e. The topological polar surface area (TPSA) is 55.1 Å². The van der Waals surface area contributed by atoms with Gasteiger partial charge in [0, 0.05) is 16.6 Å². The fraction of sp³-hybridized carbons (Fsp3) is 0.235. The summed E-state index contributed by atoms with van der Waals surface area (Å²) in [7, 11) is 0. The van der Waals surface area contributed by atoms with Gasteiger partial charge in [-0.25, -0.2) is 0 Å². The fourth-order valence-corrected chi connectivity index (χ4v) is 2.85. The average molecular weight is 347 g/mol. The largest absolute Gasteiger partial charge is 0.399 e. The zero-order valence-corrected chi connectivity index (χ0v) is 13.6. The van der Waals surface area contributed by atoms with Crippen LogP contribution >= 0.6 is 15.9 Å². The summed E-state index contributed by atoms with van der Waals surface area (Å²) in [5.74, 6) is 0.0423. The van der Waals surface area contributed by atoms with Gasteiger partial charge in [-0.05, 0) is 42.7 Å². The van der Waals surface area contributed by atoms with Crippen molar-refractivity contribution < 1.29 is 4.79 Å². The molecule has 0 aliphatic carbocycles. The molecule has 0 bridgehead atoms. The highest BCUT2D eigenvalue weighted by molar-refractivity contribution is 9.10. The fourth-order valence-electron chi connectivity index (χ4n) is 2.22. The average Bonchev–Trinajstić information content (AvgIpc) is 2.45. The first-order chi connectivity index (χ1) is 10.1. The van der Waals surface area contributed by atoms with Gasteiger partial charge in [0.15, 0.2) is 0 Å². The number of rotatable bonds is 5. The molecule has 0 aliphatic rings. The van der Waals surface area contributed by atoms with E-state index in [0.717, 1.165) is 21.3 Å². The van der Waals surface area contributed by atoms with Crippen molar-refractivity contribution in [3.05, 3.63) is 64.1 Å². The molecule has 21 heavy (non-hydrogen) atoms. The van der Waals surface area contributed by atoms with E-state index in [1.54, 1.807) is 0 Å². The van der Waals surface area contributed by atoms with Gasteiger partial charge in [0.25, 0.3) is 0 Å². The highest BCUT2D eigenvalue weighted by Crippen LogP contribution is 2.22. The molecule has 0 radical (unpaired) electrons. The summed E-state index contributed by atoms with van der Waals surface area (Å²) in [4.78, 5) is 12.0. The van der Waals surface area contributed by atoms with Gasteiger partial charge in [0.2, 0.25) is 5.91 Å². The van der Waals surface area contributed by atoms with Crippen LogP contribution < -0.4 is 11.1 Å². The summed E-state index contributed by atoms with van der Waals surface area (Å²) < 4.78 is 1.01.